The standard InChI is InChI=1S/C17H23N3O2S/c1-17(2,3)22-16(21)20-9-5-6-13(11-20)12-23-15-14(10-18)7-4-8-19-15/h4,7-8,13H,5-6,9,11-12H2,1-3H3/t13-/m0/s1. The van der Waals surface area contributed by atoms with E-state index in [9.17, 15) is 4.79 Å². The minimum absolute atomic E-state index is 0.234. The van der Waals surface area contributed by atoms with Gasteiger partial charge in [-0.05, 0) is 51.7 Å². The van der Waals surface area contributed by atoms with Gasteiger partial charge in [-0.25, -0.2) is 9.78 Å². The molecular formula is C17H23N3O2S. The van der Waals surface area contributed by atoms with Crippen LogP contribution in [0.3, 0.4) is 0 Å². The van der Waals surface area contributed by atoms with Crippen LogP contribution in [0.25, 0.3) is 0 Å². The van der Waals surface area contributed by atoms with Gasteiger partial charge in [-0.2, -0.15) is 5.26 Å². The highest BCUT2D eigenvalue weighted by molar-refractivity contribution is 7.99. The molecule has 1 aromatic rings. The Morgan fingerprint density at radius 1 is 1.57 bits per heavy atom. The Labute approximate surface area is 142 Å². The van der Waals surface area contributed by atoms with Crippen molar-refractivity contribution in [1.82, 2.24) is 9.88 Å². The summed E-state index contributed by atoms with van der Waals surface area (Å²) < 4.78 is 5.45. The van der Waals surface area contributed by atoms with Crippen molar-refractivity contribution >= 4 is 17.9 Å². The van der Waals surface area contributed by atoms with Crippen molar-refractivity contribution in [3.8, 4) is 6.07 Å². The van der Waals surface area contributed by atoms with Crippen LogP contribution in [-0.2, 0) is 4.74 Å². The van der Waals surface area contributed by atoms with Gasteiger partial charge in [0.05, 0.1) is 5.56 Å². The van der Waals surface area contributed by atoms with Crippen LogP contribution in [0.1, 0.15) is 39.2 Å². The first kappa shape index (κ1) is 17.6. The molecule has 6 heteroatoms. The second kappa shape index (κ2) is 7.69. The number of ether oxygens (including phenoxy) is 1. The van der Waals surface area contributed by atoms with E-state index < -0.39 is 5.60 Å². The third kappa shape index (κ3) is 5.43. The fourth-order valence-electron chi connectivity index (χ4n) is 2.48. The molecule has 1 aromatic heterocycles. The van der Waals surface area contributed by atoms with E-state index in [0.717, 1.165) is 30.2 Å². The van der Waals surface area contributed by atoms with Gasteiger partial charge in [0.15, 0.2) is 0 Å². The van der Waals surface area contributed by atoms with Crippen molar-refractivity contribution < 1.29 is 9.53 Å². The highest BCUT2D eigenvalue weighted by Gasteiger charge is 2.27. The molecule has 0 bridgehead atoms. The number of carbonyl (C=O) groups is 1. The molecule has 23 heavy (non-hydrogen) atoms. The quantitative estimate of drug-likeness (QED) is 0.789. The number of nitriles is 1. The lowest BCUT2D eigenvalue weighted by Gasteiger charge is -2.34. The van der Waals surface area contributed by atoms with E-state index in [0.29, 0.717) is 18.0 Å². The number of amides is 1. The van der Waals surface area contributed by atoms with E-state index in [4.69, 9.17) is 10.00 Å². The first-order chi connectivity index (χ1) is 10.9. The minimum atomic E-state index is -0.464. The molecule has 0 saturated carbocycles. The molecule has 0 radical (unpaired) electrons. The Kier molecular flexibility index (Phi) is 5.89. The van der Waals surface area contributed by atoms with Gasteiger partial charge in [-0.3, -0.25) is 0 Å². The molecule has 5 nitrogen and oxygen atoms in total. The zero-order valence-corrected chi connectivity index (χ0v) is 14.7. The zero-order valence-electron chi connectivity index (χ0n) is 13.9. The number of hydrogen-bond acceptors (Lipinski definition) is 5. The fraction of sp³-hybridized carbons (Fsp3) is 0.588. The normalized spacial score (nSPS) is 18.3. The van der Waals surface area contributed by atoms with Gasteiger partial charge in [0.2, 0.25) is 0 Å². The average Bonchev–Trinajstić information content (AvgIpc) is 2.52. The summed E-state index contributed by atoms with van der Waals surface area (Å²) in [5.74, 6) is 1.25. The van der Waals surface area contributed by atoms with Crippen molar-refractivity contribution in [2.45, 2.75) is 44.2 Å². The van der Waals surface area contributed by atoms with Crippen LogP contribution < -0.4 is 0 Å². The fourth-order valence-corrected chi connectivity index (χ4v) is 3.55. The predicted molar refractivity (Wildman–Crippen MR) is 90.2 cm³/mol. The summed E-state index contributed by atoms with van der Waals surface area (Å²) in [6, 6.07) is 5.72. The van der Waals surface area contributed by atoms with Crippen molar-refractivity contribution in [3.63, 3.8) is 0 Å². The third-order valence-electron chi connectivity index (χ3n) is 3.52. The Balaban J connectivity index is 1.89. The van der Waals surface area contributed by atoms with Gasteiger partial charge in [0, 0.05) is 25.0 Å². The molecule has 0 N–H and O–H groups in total. The molecule has 1 aliphatic rings. The van der Waals surface area contributed by atoms with Crippen molar-refractivity contribution in [2.75, 3.05) is 18.8 Å². The first-order valence-electron chi connectivity index (χ1n) is 7.85. The van der Waals surface area contributed by atoms with Gasteiger partial charge < -0.3 is 9.64 Å². The summed E-state index contributed by atoms with van der Waals surface area (Å²) in [7, 11) is 0. The minimum Gasteiger partial charge on any atom is -0.444 e. The summed E-state index contributed by atoms with van der Waals surface area (Å²) in [4.78, 5) is 18.2. The van der Waals surface area contributed by atoms with Crippen molar-refractivity contribution in [3.05, 3.63) is 23.9 Å². The maximum absolute atomic E-state index is 12.2. The number of piperidine rings is 1. The number of aromatic nitrogens is 1. The van der Waals surface area contributed by atoms with E-state index in [-0.39, 0.29) is 6.09 Å². The van der Waals surface area contributed by atoms with Crippen LogP contribution >= 0.6 is 11.8 Å². The number of likely N-dealkylation sites (tertiary alicyclic amines) is 1. The van der Waals surface area contributed by atoms with Crippen LogP contribution in [0, 0.1) is 17.2 Å². The molecule has 1 aliphatic heterocycles. The molecule has 1 saturated heterocycles. The van der Waals surface area contributed by atoms with Crippen LogP contribution in [0.4, 0.5) is 4.79 Å². The zero-order chi connectivity index (χ0) is 16.9. The SMILES string of the molecule is CC(C)(C)OC(=O)N1CCC[C@H](CSc2ncccc2C#N)C1. The van der Waals surface area contributed by atoms with Crippen LogP contribution in [0.2, 0.25) is 0 Å². The van der Waals surface area contributed by atoms with E-state index in [1.807, 2.05) is 20.8 Å². The Morgan fingerprint density at radius 3 is 3.04 bits per heavy atom. The summed E-state index contributed by atoms with van der Waals surface area (Å²) in [5, 5.41) is 9.87. The molecule has 0 aromatic carbocycles. The van der Waals surface area contributed by atoms with E-state index in [1.165, 1.54) is 0 Å². The second-order valence-corrected chi connectivity index (χ2v) is 7.72. The molecule has 124 valence electrons. The maximum atomic E-state index is 12.2. The summed E-state index contributed by atoms with van der Waals surface area (Å²) in [6.07, 6.45) is 3.54. The highest BCUT2D eigenvalue weighted by atomic mass is 32.2. The largest absolute Gasteiger partial charge is 0.444 e. The lowest BCUT2D eigenvalue weighted by molar-refractivity contribution is 0.0177. The van der Waals surface area contributed by atoms with Crippen LogP contribution in [-0.4, -0.2) is 40.4 Å². The maximum Gasteiger partial charge on any atom is 0.410 e. The number of rotatable bonds is 3. The average molecular weight is 333 g/mol. The summed E-state index contributed by atoms with van der Waals surface area (Å²) >= 11 is 1.59. The number of thioether (sulfide) groups is 1. The van der Waals surface area contributed by atoms with Crippen LogP contribution in [0.15, 0.2) is 23.4 Å². The smallest absolute Gasteiger partial charge is 0.410 e. The molecule has 0 spiro atoms. The Bertz CT molecular complexity index is 592. The monoisotopic (exact) mass is 333 g/mol. The molecule has 1 atom stereocenters. The number of pyridine rings is 1. The van der Waals surface area contributed by atoms with Gasteiger partial charge in [0.1, 0.15) is 16.7 Å². The van der Waals surface area contributed by atoms with Gasteiger partial charge >= 0.3 is 6.09 Å². The summed E-state index contributed by atoms with van der Waals surface area (Å²) in [6.45, 7) is 7.10. The van der Waals surface area contributed by atoms with E-state index in [2.05, 4.69) is 11.1 Å². The Hall–Kier alpha value is -1.74. The van der Waals surface area contributed by atoms with E-state index in [1.54, 1.807) is 35.0 Å². The van der Waals surface area contributed by atoms with Gasteiger partial charge in [-0.1, -0.05) is 0 Å². The topological polar surface area (TPSA) is 66.2 Å². The third-order valence-corrected chi connectivity index (χ3v) is 4.75. The van der Waals surface area contributed by atoms with Crippen molar-refractivity contribution in [2.24, 2.45) is 5.92 Å². The molecule has 0 unspecified atom stereocenters. The van der Waals surface area contributed by atoms with Crippen LogP contribution in [0.5, 0.6) is 0 Å². The van der Waals surface area contributed by atoms with Gasteiger partial charge in [0.25, 0.3) is 0 Å². The lowest BCUT2D eigenvalue weighted by atomic mass is 10.0. The van der Waals surface area contributed by atoms with Gasteiger partial charge in [-0.15, -0.1) is 11.8 Å². The lowest BCUT2D eigenvalue weighted by Crippen LogP contribution is -2.43. The molecule has 0 aliphatic carbocycles. The van der Waals surface area contributed by atoms with E-state index >= 15 is 0 Å². The molecule has 1 fully saturated rings. The molecular weight excluding hydrogens is 310 g/mol. The first-order valence-corrected chi connectivity index (χ1v) is 8.83. The molecule has 1 amide bonds. The highest BCUT2D eigenvalue weighted by Crippen LogP contribution is 2.27. The second-order valence-electron chi connectivity index (χ2n) is 6.71. The Morgan fingerprint density at radius 2 is 2.35 bits per heavy atom. The van der Waals surface area contributed by atoms with Crippen molar-refractivity contribution in [1.29, 1.82) is 5.26 Å². The summed E-state index contributed by atoms with van der Waals surface area (Å²) in [5.41, 5.74) is 0.145. The number of hydrogen-bond donors (Lipinski definition) is 0. The molecule has 2 rings (SSSR count). The number of carbonyl (C=O) groups excluding carboxylic acids is 1. The molecule has 2 heterocycles. The number of nitrogens with zero attached hydrogens (tertiary/aromatic N) is 3. The predicted octanol–water partition coefficient (Wildman–Crippen LogP) is 3.69.